The van der Waals surface area contributed by atoms with Crippen molar-refractivity contribution in [1.82, 2.24) is 4.98 Å². The van der Waals surface area contributed by atoms with E-state index in [9.17, 15) is 4.79 Å². The van der Waals surface area contributed by atoms with Gasteiger partial charge in [-0.3, -0.25) is 4.79 Å². The lowest BCUT2D eigenvalue weighted by atomic mass is 10.2. The largest absolute Gasteiger partial charge is 0.454 e. The number of anilines is 1. The maximum absolute atomic E-state index is 11.5. The van der Waals surface area contributed by atoms with Crippen LogP contribution in [0, 0.1) is 0 Å². The number of hydrogen-bond donors (Lipinski definition) is 1. The fraction of sp³-hybridized carbons (Fsp3) is 0.200. The first-order valence-corrected chi connectivity index (χ1v) is 7.38. The van der Waals surface area contributed by atoms with Crippen LogP contribution in [-0.4, -0.2) is 10.9 Å². The van der Waals surface area contributed by atoms with Gasteiger partial charge in [-0.05, 0) is 18.6 Å². The molecular weight excluding hydrogens is 272 g/mol. The molecule has 2 heterocycles. The highest BCUT2D eigenvalue weighted by Gasteiger charge is 2.11. The minimum atomic E-state index is -0.00185. The normalized spacial score (nSPS) is 10.8. The van der Waals surface area contributed by atoms with E-state index in [0.717, 1.165) is 28.8 Å². The first kappa shape index (κ1) is 12.9. The highest BCUT2D eigenvalue weighted by molar-refractivity contribution is 7.14. The molecule has 102 valence electrons. The molecule has 3 aromatic rings. The van der Waals surface area contributed by atoms with E-state index >= 15 is 0 Å². The molecule has 0 unspecified atom stereocenters. The minimum Gasteiger partial charge on any atom is -0.454 e. The van der Waals surface area contributed by atoms with Crippen LogP contribution in [0.3, 0.4) is 0 Å². The minimum absolute atomic E-state index is 0.00185. The summed E-state index contributed by atoms with van der Waals surface area (Å²) in [4.78, 5) is 15.9. The molecule has 0 aliphatic carbocycles. The number of para-hydroxylation sites is 1. The molecule has 0 atom stereocenters. The van der Waals surface area contributed by atoms with Crippen molar-refractivity contribution in [3.8, 4) is 11.5 Å². The van der Waals surface area contributed by atoms with Crippen molar-refractivity contribution in [3.05, 3.63) is 35.7 Å². The number of fused-ring (bicyclic) bond motifs is 1. The first-order chi connectivity index (χ1) is 9.76. The van der Waals surface area contributed by atoms with E-state index < -0.39 is 0 Å². The molecular formula is C15H14N2O2S. The van der Waals surface area contributed by atoms with Gasteiger partial charge in [0.05, 0.1) is 0 Å². The van der Waals surface area contributed by atoms with E-state index in [0.29, 0.717) is 11.6 Å². The Morgan fingerprint density at radius 2 is 2.25 bits per heavy atom. The molecule has 3 rings (SSSR count). The van der Waals surface area contributed by atoms with Crippen molar-refractivity contribution in [3.63, 3.8) is 0 Å². The Morgan fingerprint density at radius 1 is 1.40 bits per heavy atom. The van der Waals surface area contributed by atoms with Gasteiger partial charge in [-0.25, -0.2) is 4.98 Å². The second kappa shape index (κ2) is 5.46. The van der Waals surface area contributed by atoms with E-state index in [-0.39, 0.29) is 5.91 Å². The summed E-state index contributed by atoms with van der Waals surface area (Å²) in [5.74, 6) is 0.719. The third-order valence-corrected chi connectivity index (χ3v) is 3.66. The maximum atomic E-state index is 11.5. The van der Waals surface area contributed by atoms with Gasteiger partial charge in [-0.1, -0.05) is 25.1 Å². The Morgan fingerprint density at radius 3 is 3.05 bits per heavy atom. The molecule has 2 aromatic heterocycles. The van der Waals surface area contributed by atoms with E-state index in [1.54, 1.807) is 0 Å². The van der Waals surface area contributed by atoms with Crippen LogP contribution in [0.4, 0.5) is 5.13 Å². The van der Waals surface area contributed by atoms with Crippen molar-refractivity contribution in [1.29, 1.82) is 0 Å². The zero-order valence-corrected chi connectivity index (χ0v) is 11.9. The summed E-state index contributed by atoms with van der Waals surface area (Å²) in [5, 5.41) is 6.34. The standard InChI is InChI=1S/C15H14N2O2S/c1-2-5-14(18)17-15-16-11(9-20-15)13-8-10-6-3-4-7-12(10)19-13/h3-4,6-9H,2,5H2,1H3,(H,16,17,18). The van der Waals surface area contributed by atoms with Crippen LogP contribution in [0.5, 0.6) is 0 Å². The van der Waals surface area contributed by atoms with Crippen molar-refractivity contribution in [2.45, 2.75) is 19.8 Å². The summed E-state index contributed by atoms with van der Waals surface area (Å²) in [6.07, 6.45) is 1.34. The van der Waals surface area contributed by atoms with Crippen molar-refractivity contribution in [2.24, 2.45) is 0 Å². The van der Waals surface area contributed by atoms with E-state index in [4.69, 9.17) is 4.42 Å². The maximum Gasteiger partial charge on any atom is 0.226 e. The third kappa shape index (κ3) is 2.58. The molecule has 0 aliphatic rings. The molecule has 0 spiro atoms. The molecule has 1 N–H and O–H groups in total. The lowest BCUT2D eigenvalue weighted by Crippen LogP contribution is -2.10. The smallest absolute Gasteiger partial charge is 0.226 e. The second-order valence-corrected chi connectivity index (χ2v) is 5.34. The number of nitrogens with zero attached hydrogens (tertiary/aromatic N) is 1. The van der Waals surface area contributed by atoms with Gasteiger partial charge < -0.3 is 9.73 Å². The predicted molar refractivity (Wildman–Crippen MR) is 80.9 cm³/mol. The number of carbonyl (C=O) groups excluding carboxylic acids is 1. The first-order valence-electron chi connectivity index (χ1n) is 6.50. The number of amides is 1. The highest BCUT2D eigenvalue weighted by Crippen LogP contribution is 2.30. The van der Waals surface area contributed by atoms with Gasteiger partial charge in [0.1, 0.15) is 11.3 Å². The monoisotopic (exact) mass is 286 g/mol. The van der Waals surface area contributed by atoms with Crippen LogP contribution in [0.2, 0.25) is 0 Å². The summed E-state index contributed by atoms with van der Waals surface area (Å²) < 4.78 is 5.75. The highest BCUT2D eigenvalue weighted by atomic mass is 32.1. The number of carbonyl (C=O) groups is 1. The van der Waals surface area contributed by atoms with Crippen molar-refractivity contribution < 1.29 is 9.21 Å². The SMILES string of the molecule is CCCC(=O)Nc1nc(-c2cc3ccccc3o2)cs1. The lowest BCUT2D eigenvalue weighted by molar-refractivity contribution is -0.116. The fourth-order valence-electron chi connectivity index (χ4n) is 1.96. The summed E-state index contributed by atoms with van der Waals surface area (Å²) in [6.45, 7) is 1.97. The molecule has 1 amide bonds. The Hall–Kier alpha value is -2.14. The zero-order valence-electron chi connectivity index (χ0n) is 11.1. The van der Waals surface area contributed by atoms with Crippen LogP contribution in [-0.2, 0) is 4.79 Å². The van der Waals surface area contributed by atoms with Gasteiger partial charge in [-0.15, -0.1) is 11.3 Å². The molecule has 4 nitrogen and oxygen atoms in total. The Labute approximate surface area is 120 Å². The van der Waals surface area contributed by atoms with E-state index in [2.05, 4.69) is 10.3 Å². The molecule has 0 saturated carbocycles. The summed E-state index contributed by atoms with van der Waals surface area (Å²) >= 11 is 1.41. The number of benzene rings is 1. The number of thiazole rings is 1. The van der Waals surface area contributed by atoms with Crippen LogP contribution in [0.25, 0.3) is 22.4 Å². The van der Waals surface area contributed by atoms with Crippen LogP contribution < -0.4 is 5.32 Å². The number of hydrogen-bond acceptors (Lipinski definition) is 4. The fourth-order valence-corrected chi connectivity index (χ4v) is 2.68. The predicted octanol–water partition coefficient (Wildman–Crippen LogP) is 4.29. The van der Waals surface area contributed by atoms with E-state index in [1.807, 2.05) is 42.6 Å². The molecule has 0 saturated heterocycles. The summed E-state index contributed by atoms with van der Waals surface area (Å²) in [5.41, 5.74) is 1.59. The molecule has 5 heteroatoms. The molecule has 20 heavy (non-hydrogen) atoms. The van der Waals surface area contributed by atoms with Crippen LogP contribution in [0.15, 0.2) is 40.1 Å². The number of aromatic nitrogens is 1. The number of furan rings is 1. The van der Waals surface area contributed by atoms with Gasteiger partial charge in [0, 0.05) is 17.2 Å². The average molecular weight is 286 g/mol. The van der Waals surface area contributed by atoms with Gasteiger partial charge in [0.15, 0.2) is 10.9 Å². The number of nitrogens with one attached hydrogen (secondary N) is 1. The summed E-state index contributed by atoms with van der Waals surface area (Å²) in [6, 6.07) is 9.79. The van der Waals surface area contributed by atoms with E-state index in [1.165, 1.54) is 11.3 Å². The van der Waals surface area contributed by atoms with Crippen molar-refractivity contribution >= 4 is 33.3 Å². The quantitative estimate of drug-likeness (QED) is 0.778. The second-order valence-electron chi connectivity index (χ2n) is 4.48. The molecule has 0 bridgehead atoms. The topological polar surface area (TPSA) is 55.1 Å². The Bertz CT molecular complexity index is 712. The van der Waals surface area contributed by atoms with Gasteiger partial charge in [-0.2, -0.15) is 0 Å². The molecule has 0 fully saturated rings. The van der Waals surface area contributed by atoms with Crippen LogP contribution >= 0.6 is 11.3 Å². The lowest BCUT2D eigenvalue weighted by Gasteiger charge is -1.97. The average Bonchev–Trinajstić information content (AvgIpc) is 3.04. The molecule has 1 aromatic carbocycles. The van der Waals surface area contributed by atoms with Gasteiger partial charge >= 0.3 is 0 Å². The van der Waals surface area contributed by atoms with Gasteiger partial charge in [0.2, 0.25) is 5.91 Å². The zero-order chi connectivity index (χ0) is 13.9. The van der Waals surface area contributed by atoms with Crippen LogP contribution in [0.1, 0.15) is 19.8 Å². The Balaban J connectivity index is 1.84. The van der Waals surface area contributed by atoms with Crippen molar-refractivity contribution in [2.75, 3.05) is 5.32 Å². The molecule has 0 radical (unpaired) electrons. The molecule has 0 aliphatic heterocycles. The number of rotatable bonds is 4. The third-order valence-electron chi connectivity index (χ3n) is 2.91. The summed E-state index contributed by atoms with van der Waals surface area (Å²) in [7, 11) is 0. The Kier molecular flexibility index (Phi) is 3.52. The van der Waals surface area contributed by atoms with Gasteiger partial charge in [0.25, 0.3) is 0 Å².